The number of rotatable bonds is 1. The van der Waals surface area contributed by atoms with E-state index in [9.17, 15) is 4.79 Å². The van der Waals surface area contributed by atoms with Crippen LogP contribution >= 0.6 is 0 Å². The van der Waals surface area contributed by atoms with Crippen molar-refractivity contribution >= 4 is 5.91 Å². The minimum absolute atomic E-state index is 0.0535. The van der Waals surface area contributed by atoms with Crippen molar-refractivity contribution in [1.29, 1.82) is 0 Å². The minimum atomic E-state index is 0.0535. The first-order chi connectivity index (χ1) is 5.72. The Morgan fingerprint density at radius 1 is 1.42 bits per heavy atom. The average molecular weight is 163 g/mol. The molecule has 0 saturated carbocycles. The summed E-state index contributed by atoms with van der Waals surface area (Å²) in [4.78, 5) is 13.0. The molecule has 1 aliphatic rings. The Morgan fingerprint density at radius 2 is 2.17 bits per heavy atom. The first kappa shape index (κ1) is 8.78. The second kappa shape index (κ2) is 3.90. The maximum absolute atomic E-state index is 11.4. The predicted molar refractivity (Wildman–Crippen MR) is 49.7 cm³/mol. The third-order valence-electron chi connectivity index (χ3n) is 1.63. The third kappa shape index (κ3) is 2.09. The van der Waals surface area contributed by atoms with E-state index in [1.54, 1.807) is 19.0 Å². The van der Waals surface area contributed by atoms with Gasteiger partial charge in [0.2, 0.25) is 0 Å². The van der Waals surface area contributed by atoms with E-state index in [0.29, 0.717) is 0 Å². The van der Waals surface area contributed by atoms with Gasteiger partial charge in [-0.25, -0.2) is 0 Å². The number of carbonyl (C=O) groups is 1. The van der Waals surface area contributed by atoms with Crippen molar-refractivity contribution < 1.29 is 4.79 Å². The highest BCUT2D eigenvalue weighted by atomic mass is 16.2. The molecule has 1 aliphatic carbocycles. The SMILES string of the molecule is CN(C)C(=O)C1=CC=CCC=C1. The molecule has 0 aromatic heterocycles. The second-order valence-corrected chi connectivity index (χ2v) is 2.89. The Balaban J connectivity index is 2.80. The fraction of sp³-hybridized carbons (Fsp3) is 0.300. The summed E-state index contributed by atoms with van der Waals surface area (Å²) in [5.41, 5.74) is 0.744. The van der Waals surface area contributed by atoms with E-state index in [-0.39, 0.29) is 5.91 Å². The molecule has 0 spiro atoms. The largest absolute Gasteiger partial charge is 0.345 e. The predicted octanol–water partition coefficient (Wildman–Crippen LogP) is 1.52. The third-order valence-corrected chi connectivity index (χ3v) is 1.63. The van der Waals surface area contributed by atoms with Gasteiger partial charge in [0, 0.05) is 19.7 Å². The molecule has 0 fully saturated rings. The monoisotopic (exact) mass is 163 g/mol. The highest BCUT2D eigenvalue weighted by Gasteiger charge is 2.07. The first-order valence-corrected chi connectivity index (χ1v) is 3.97. The van der Waals surface area contributed by atoms with Crippen LogP contribution in [0, 0.1) is 0 Å². The molecule has 1 amide bonds. The van der Waals surface area contributed by atoms with Gasteiger partial charge >= 0.3 is 0 Å². The summed E-state index contributed by atoms with van der Waals surface area (Å²) in [6.07, 6.45) is 10.5. The average Bonchev–Trinajstić information content (AvgIpc) is 2.30. The maximum Gasteiger partial charge on any atom is 0.253 e. The van der Waals surface area contributed by atoms with Crippen LogP contribution in [0.15, 0.2) is 36.0 Å². The van der Waals surface area contributed by atoms with E-state index in [1.165, 1.54) is 0 Å². The molecule has 0 bridgehead atoms. The fourth-order valence-electron chi connectivity index (χ4n) is 0.980. The summed E-state index contributed by atoms with van der Waals surface area (Å²) in [6.45, 7) is 0. The Kier molecular flexibility index (Phi) is 2.86. The Morgan fingerprint density at radius 3 is 2.83 bits per heavy atom. The lowest BCUT2D eigenvalue weighted by molar-refractivity contribution is -0.124. The number of hydrogen-bond donors (Lipinski definition) is 0. The van der Waals surface area contributed by atoms with Gasteiger partial charge in [-0.05, 0) is 12.5 Å². The summed E-state index contributed by atoms with van der Waals surface area (Å²) >= 11 is 0. The van der Waals surface area contributed by atoms with Gasteiger partial charge in [-0.15, -0.1) is 0 Å². The van der Waals surface area contributed by atoms with Gasteiger partial charge in [-0.3, -0.25) is 4.79 Å². The van der Waals surface area contributed by atoms with Gasteiger partial charge in [0.15, 0.2) is 0 Å². The van der Waals surface area contributed by atoms with E-state index >= 15 is 0 Å². The van der Waals surface area contributed by atoms with Crippen molar-refractivity contribution in [2.24, 2.45) is 0 Å². The van der Waals surface area contributed by atoms with Crippen LogP contribution in [0.2, 0.25) is 0 Å². The van der Waals surface area contributed by atoms with Crippen molar-refractivity contribution in [3.63, 3.8) is 0 Å². The fourth-order valence-corrected chi connectivity index (χ4v) is 0.980. The molecule has 0 atom stereocenters. The molecule has 0 saturated heterocycles. The van der Waals surface area contributed by atoms with Crippen molar-refractivity contribution in [1.82, 2.24) is 4.90 Å². The summed E-state index contributed by atoms with van der Waals surface area (Å²) in [7, 11) is 3.51. The summed E-state index contributed by atoms with van der Waals surface area (Å²) in [5, 5.41) is 0. The van der Waals surface area contributed by atoms with Gasteiger partial charge in [0.05, 0.1) is 0 Å². The first-order valence-electron chi connectivity index (χ1n) is 3.97. The molecule has 12 heavy (non-hydrogen) atoms. The number of hydrogen-bond acceptors (Lipinski definition) is 1. The minimum Gasteiger partial charge on any atom is -0.345 e. The van der Waals surface area contributed by atoms with E-state index in [2.05, 4.69) is 0 Å². The summed E-state index contributed by atoms with van der Waals surface area (Å²) in [5.74, 6) is 0.0535. The van der Waals surface area contributed by atoms with Gasteiger partial charge in [0.1, 0.15) is 0 Å². The molecule has 0 unspecified atom stereocenters. The van der Waals surface area contributed by atoms with Crippen LogP contribution in [0.25, 0.3) is 0 Å². The lowest BCUT2D eigenvalue weighted by Crippen LogP contribution is -2.22. The van der Waals surface area contributed by atoms with E-state index < -0.39 is 0 Å². The highest BCUT2D eigenvalue weighted by molar-refractivity contribution is 5.96. The number of carbonyl (C=O) groups excluding carboxylic acids is 1. The molecule has 0 N–H and O–H groups in total. The Hall–Kier alpha value is -1.31. The van der Waals surface area contributed by atoms with E-state index in [0.717, 1.165) is 12.0 Å². The van der Waals surface area contributed by atoms with Gasteiger partial charge in [0.25, 0.3) is 5.91 Å². The maximum atomic E-state index is 11.4. The molecule has 64 valence electrons. The number of amides is 1. The molecule has 0 heterocycles. The van der Waals surface area contributed by atoms with Crippen molar-refractivity contribution in [3.05, 3.63) is 36.0 Å². The van der Waals surface area contributed by atoms with Crippen molar-refractivity contribution in [2.45, 2.75) is 6.42 Å². The van der Waals surface area contributed by atoms with Gasteiger partial charge in [-0.1, -0.05) is 24.3 Å². The van der Waals surface area contributed by atoms with Crippen LogP contribution < -0.4 is 0 Å². The van der Waals surface area contributed by atoms with Gasteiger partial charge < -0.3 is 4.90 Å². The molecule has 2 nitrogen and oxygen atoms in total. The Bertz CT molecular complexity index is 259. The zero-order valence-corrected chi connectivity index (χ0v) is 7.45. The molecular formula is C10H13NO. The standard InChI is InChI=1S/C10H13NO/c1-11(2)10(12)9-7-5-3-4-6-8-9/h3,5-8H,4H2,1-2H3. The highest BCUT2D eigenvalue weighted by Crippen LogP contribution is 2.06. The number of allylic oxidation sites excluding steroid dienone is 4. The summed E-state index contributed by atoms with van der Waals surface area (Å²) in [6, 6.07) is 0. The van der Waals surface area contributed by atoms with E-state index in [4.69, 9.17) is 0 Å². The molecular weight excluding hydrogens is 150 g/mol. The smallest absolute Gasteiger partial charge is 0.253 e. The number of nitrogens with zero attached hydrogens (tertiary/aromatic N) is 1. The lowest BCUT2D eigenvalue weighted by Gasteiger charge is -2.09. The number of likely N-dealkylation sites (N-methyl/N-ethyl adjacent to an activating group) is 1. The summed E-state index contributed by atoms with van der Waals surface area (Å²) < 4.78 is 0. The molecule has 2 heteroatoms. The molecule has 0 aromatic rings. The molecule has 1 rings (SSSR count). The molecule has 0 radical (unpaired) electrons. The quantitative estimate of drug-likeness (QED) is 0.574. The zero-order chi connectivity index (χ0) is 8.97. The molecule has 0 aliphatic heterocycles. The molecule has 0 aromatic carbocycles. The Labute approximate surface area is 72.9 Å². The van der Waals surface area contributed by atoms with E-state index in [1.807, 2.05) is 30.4 Å². The van der Waals surface area contributed by atoms with Crippen molar-refractivity contribution in [2.75, 3.05) is 14.1 Å². The lowest BCUT2D eigenvalue weighted by atomic mass is 10.2. The van der Waals surface area contributed by atoms with Crippen LogP contribution in [-0.2, 0) is 4.79 Å². The zero-order valence-electron chi connectivity index (χ0n) is 7.45. The normalized spacial score (nSPS) is 15.3. The van der Waals surface area contributed by atoms with Crippen LogP contribution in [0.4, 0.5) is 0 Å². The van der Waals surface area contributed by atoms with Crippen LogP contribution in [0.1, 0.15) is 6.42 Å². The van der Waals surface area contributed by atoms with Crippen LogP contribution in [-0.4, -0.2) is 24.9 Å². The van der Waals surface area contributed by atoms with Crippen LogP contribution in [0.3, 0.4) is 0 Å². The second-order valence-electron chi connectivity index (χ2n) is 2.89. The topological polar surface area (TPSA) is 20.3 Å². The van der Waals surface area contributed by atoms with Crippen LogP contribution in [0.5, 0.6) is 0 Å². The van der Waals surface area contributed by atoms with Crippen molar-refractivity contribution in [3.8, 4) is 0 Å². The van der Waals surface area contributed by atoms with Gasteiger partial charge in [-0.2, -0.15) is 0 Å².